The highest BCUT2D eigenvalue weighted by Crippen LogP contribution is 2.68. The van der Waals surface area contributed by atoms with Gasteiger partial charge in [-0.15, -0.1) is 0 Å². The number of carbonyl (C=O) groups excluding carboxylic acids is 1. The Balaban J connectivity index is 1.39. The first kappa shape index (κ1) is 23.3. The minimum Gasteiger partial charge on any atom is -0.393 e. The summed E-state index contributed by atoms with van der Waals surface area (Å²) < 4.78 is 0. The number of amides is 1. The molecule has 0 aliphatic heterocycles. The van der Waals surface area contributed by atoms with Crippen molar-refractivity contribution in [3.63, 3.8) is 0 Å². The molecule has 4 fully saturated rings. The number of likely N-dealkylation sites (N-methyl/N-ethyl adjacent to an activating group) is 1. The minimum atomic E-state index is -0.0395. The Morgan fingerprint density at radius 2 is 1.81 bits per heavy atom. The zero-order chi connectivity index (χ0) is 22.2. The van der Waals surface area contributed by atoms with Crippen molar-refractivity contribution < 1.29 is 9.90 Å². The molecule has 0 bridgehead atoms. The van der Waals surface area contributed by atoms with Crippen LogP contribution < -0.4 is 5.32 Å². The predicted octanol–water partition coefficient (Wildman–Crippen LogP) is 6.11. The molecule has 0 aromatic carbocycles. The number of carbonyl (C=O) groups is 1. The predicted molar refractivity (Wildman–Crippen MR) is 127 cm³/mol. The molecule has 2 N–H and O–H groups in total. The smallest absolute Gasteiger partial charge is 0.243 e. The third kappa shape index (κ3) is 4.25. The van der Waals surface area contributed by atoms with Crippen molar-refractivity contribution in [2.24, 2.45) is 46.3 Å². The van der Waals surface area contributed by atoms with Crippen molar-refractivity contribution >= 4 is 5.91 Å². The van der Waals surface area contributed by atoms with Crippen molar-refractivity contribution in [2.45, 2.75) is 104 Å². The second-order valence-electron chi connectivity index (χ2n) is 12.2. The Kier molecular flexibility index (Phi) is 6.92. The van der Waals surface area contributed by atoms with Gasteiger partial charge in [-0.3, -0.25) is 4.79 Å². The van der Waals surface area contributed by atoms with Crippen molar-refractivity contribution in [1.29, 1.82) is 0 Å². The maximum atomic E-state index is 11.6. The van der Waals surface area contributed by atoms with Gasteiger partial charge in [-0.25, -0.2) is 0 Å². The zero-order valence-corrected chi connectivity index (χ0v) is 20.5. The Morgan fingerprint density at radius 1 is 1.06 bits per heavy atom. The molecule has 4 aliphatic rings. The molecule has 1 amide bonds. The van der Waals surface area contributed by atoms with Gasteiger partial charge >= 0.3 is 0 Å². The molecule has 0 aromatic rings. The van der Waals surface area contributed by atoms with Gasteiger partial charge < -0.3 is 10.4 Å². The summed E-state index contributed by atoms with van der Waals surface area (Å²) in [6, 6.07) is 0. The lowest BCUT2D eigenvalue weighted by Gasteiger charge is -2.61. The van der Waals surface area contributed by atoms with Gasteiger partial charge in [0.1, 0.15) is 0 Å². The van der Waals surface area contributed by atoms with Gasteiger partial charge in [0.25, 0.3) is 0 Å². The lowest BCUT2D eigenvalue weighted by atomic mass is 9.44. The van der Waals surface area contributed by atoms with Crippen LogP contribution in [0, 0.1) is 46.3 Å². The van der Waals surface area contributed by atoms with Crippen LogP contribution in [-0.4, -0.2) is 23.7 Å². The third-order valence-corrected chi connectivity index (χ3v) is 10.8. The highest BCUT2D eigenvalue weighted by molar-refractivity contribution is 5.87. The summed E-state index contributed by atoms with van der Waals surface area (Å²) in [5, 5.41) is 13.1. The van der Waals surface area contributed by atoms with Crippen molar-refractivity contribution in [3.05, 3.63) is 12.2 Å². The number of rotatable bonds is 6. The molecule has 4 saturated carbocycles. The summed E-state index contributed by atoms with van der Waals surface area (Å²) >= 11 is 0. The maximum absolute atomic E-state index is 11.6. The van der Waals surface area contributed by atoms with E-state index in [9.17, 15) is 9.90 Å². The lowest BCUT2D eigenvalue weighted by molar-refractivity contribution is -0.129. The van der Waals surface area contributed by atoms with E-state index in [1.54, 1.807) is 6.08 Å². The van der Waals surface area contributed by atoms with Crippen LogP contribution in [0.25, 0.3) is 0 Å². The molecule has 3 nitrogen and oxygen atoms in total. The van der Waals surface area contributed by atoms with Crippen molar-refractivity contribution in [1.82, 2.24) is 5.32 Å². The van der Waals surface area contributed by atoms with E-state index in [-0.39, 0.29) is 12.0 Å². The molecular formula is C28H47NO2. The Hall–Kier alpha value is -0.830. The third-order valence-electron chi connectivity index (χ3n) is 10.8. The van der Waals surface area contributed by atoms with Gasteiger partial charge in [0, 0.05) is 6.54 Å². The monoisotopic (exact) mass is 429 g/mol. The topological polar surface area (TPSA) is 49.3 Å². The number of aliphatic hydroxyl groups is 1. The van der Waals surface area contributed by atoms with Crippen molar-refractivity contribution in [3.8, 4) is 0 Å². The summed E-state index contributed by atoms with van der Waals surface area (Å²) in [4.78, 5) is 11.6. The van der Waals surface area contributed by atoms with Crippen molar-refractivity contribution in [2.75, 3.05) is 6.54 Å². The summed E-state index contributed by atoms with van der Waals surface area (Å²) in [5.74, 6) is 5.11. The number of aliphatic hydroxyl groups excluding tert-OH is 1. The highest BCUT2D eigenvalue weighted by Gasteiger charge is 2.60. The van der Waals surface area contributed by atoms with Gasteiger partial charge in [-0.05, 0) is 130 Å². The van der Waals surface area contributed by atoms with Gasteiger partial charge in [-0.1, -0.05) is 26.8 Å². The maximum Gasteiger partial charge on any atom is 0.243 e. The van der Waals surface area contributed by atoms with E-state index in [4.69, 9.17) is 0 Å². The second-order valence-corrected chi connectivity index (χ2v) is 12.2. The minimum absolute atomic E-state index is 0.0395. The van der Waals surface area contributed by atoms with Gasteiger partial charge in [0.05, 0.1) is 6.10 Å². The van der Waals surface area contributed by atoms with E-state index >= 15 is 0 Å². The molecule has 176 valence electrons. The van der Waals surface area contributed by atoms with Crippen LogP contribution in [0.1, 0.15) is 98.3 Å². The zero-order valence-electron chi connectivity index (χ0n) is 20.5. The fraction of sp³-hybridized carbons (Fsp3) is 0.893. The molecule has 0 spiro atoms. The number of nitrogens with one attached hydrogen (secondary N) is 1. The quantitative estimate of drug-likeness (QED) is 0.500. The number of hydrogen-bond acceptors (Lipinski definition) is 2. The number of allylic oxidation sites excluding steroid dienone is 1. The van der Waals surface area contributed by atoms with E-state index in [0.29, 0.717) is 17.4 Å². The standard InChI is InChI=1S/C28H47NO2/c1-5-29-26(31)9-7-6-8-19(2)23-12-13-24-22-11-10-20-18-21(30)14-16-27(20,3)25(22)15-17-28(23,24)4/h7,9,19-25,30H,5-6,8,10-18H2,1-4H3,(H,29,31). The molecule has 9 unspecified atom stereocenters. The van der Waals surface area contributed by atoms with Crippen LogP contribution >= 0.6 is 0 Å². The fourth-order valence-electron chi connectivity index (χ4n) is 9.19. The molecule has 0 radical (unpaired) electrons. The Labute approximate surface area is 190 Å². The molecule has 0 saturated heterocycles. The molecule has 3 heteroatoms. The molecule has 4 aliphatic carbocycles. The van der Waals surface area contributed by atoms with Crippen LogP contribution in [-0.2, 0) is 4.79 Å². The van der Waals surface area contributed by atoms with Crippen LogP contribution in [0.4, 0.5) is 0 Å². The average Bonchev–Trinajstić information content (AvgIpc) is 3.09. The summed E-state index contributed by atoms with van der Waals surface area (Å²) in [6.45, 7) is 10.4. The van der Waals surface area contributed by atoms with E-state index < -0.39 is 0 Å². The largest absolute Gasteiger partial charge is 0.393 e. The molecule has 9 atom stereocenters. The molecule has 0 aromatic heterocycles. The van der Waals surface area contributed by atoms with E-state index in [1.165, 1.54) is 51.4 Å². The molecule has 4 rings (SSSR count). The first-order chi connectivity index (χ1) is 14.8. The summed E-state index contributed by atoms with van der Waals surface area (Å²) in [7, 11) is 0. The summed E-state index contributed by atoms with van der Waals surface area (Å²) in [5.41, 5.74) is 0.998. The van der Waals surface area contributed by atoms with Crippen LogP contribution in [0.2, 0.25) is 0 Å². The van der Waals surface area contributed by atoms with Gasteiger partial charge in [-0.2, -0.15) is 0 Å². The summed E-state index contributed by atoms with van der Waals surface area (Å²) in [6.07, 6.45) is 17.8. The van der Waals surface area contributed by atoms with Gasteiger partial charge in [0.2, 0.25) is 5.91 Å². The van der Waals surface area contributed by atoms with Crippen LogP contribution in [0.15, 0.2) is 12.2 Å². The fourth-order valence-corrected chi connectivity index (χ4v) is 9.19. The van der Waals surface area contributed by atoms with Crippen LogP contribution in [0.3, 0.4) is 0 Å². The Morgan fingerprint density at radius 3 is 2.58 bits per heavy atom. The number of fused-ring (bicyclic) bond motifs is 5. The lowest BCUT2D eigenvalue weighted by Crippen LogP contribution is -2.54. The number of hydrogen-bond donors (Lipinski definition) is 2. The Bertz CT molecular complexity index is 674. The van der Waals surface area contributed by atoms with E-state index in [1.807, 2.05) is 6.92 Å². The van der Waals surface area contributed by atoms with E-state index in [0.717, 1.165) is 54.8 Å². The van der Waals surface area contributed by atoms with Gasteiger partial charge in [0.15, 0.2) is 0 Å². The first-order valence-corrected chi connectivity index (χ1v) is 13.4. The average molecular weight is 430 g/mol. The second kappa shape index (κ2) is 9.20. The van der Waals surface area contributed by atoms with Crippen LogP contribution in [0.5, 0.6) is 0 Å². The highest BCUT2D eigenvalue weighted by atomic mass is 16.3. The molecule has 0 heterocycles. The normalized spacial score (nSPS) is 45.6. The molecular weight excluding hydrogens is 382 g/mol. The first-order valence-electron chi connectivity index (χ1n) is 13.4. The van der Waals surface area contributed by atoms with E-state index in [2.05, 4.69) is 32.2 Å². The molecule has 31 heavy (non-hydrogen) atoms. The SMILES string of the molecule is CCNC(=O)C=CCCC(C)C1CCC2C3CCC4CC(O)CCC4(C)C3CCC12C.